The molecule has 5 rings (SSSR count). The van der Waals surface area contributed by atoms with Crippen molar-refractivity contribution in [3.8, 4) is 0 Å². The first-order chi connectivity index (χ1) is 19.7. The van der Waals surface area contributed by atoms with Crippen molar-refractivity contribution in [3.05, 3.63) is 70.5 Å². The summed E-state index contributed by atoms with van der Waals surface area (Å²) in [7, 11) is -3.86. The Morgan fingerprint density at radius 1 is 0.976 bits per heavy atom. The number of amides is 2. The number of imide groups is 1. The van der Waals surface area contributed by atoms with E-state index in [9.17, 15) is 35.7 Å². The van der Waals surface area contributed by atoms with E-state index in [1.807, 2.05) is 0 Å². The largest absolute Gasteiger partial charge is 0.598 e. The summed E-state index contributed by atoms with van der Waals surface area (Å²) in [6.07, 6.45) is 1.94. The zero-order chi connectivity index (χ0) is 30.6. The van der Waals surface area contributed by atoms with Crippen molar-refractivity contribution in [2.45, 2.75) is 75.7 Å². The van der Waals surface area contributed by atoms with Gasteiger partial charge in [-0.1, -0.05) is 12.1 Å². The van der Waals surface area contributed by atoms with Crippen LogP contribution in [0.25, 0.3) is 0 Å². The molecular formula is C29H34F3N3O5S2. The Labute approximate surface area is 247 Å². The number of nitrogens with zero attached hydrogens (tertiary/aromatic N) is 2. The fraction of sp³-hybridized carbons (Fsp3) is 0.517. The number of benzene rings is 2. The molecule has 42 heavy (non-hydrogen) atoms. The van der Waals surface area contributed by atoms with Crippen LogP contribution >= 0.6 is 0 Å². The normalized spacial score (nSPS) is 24.3. The van der Waals surface area contributed by atoms with Gasteiger partial charge in [-0.3, -0.25) is 14.5 Å². The van der Waals surface area contributed by atoms with Crippen LogP contribution in [0.5, 0.6) is 0 Å². The summed E-state index contributed by atoms with van der Waals surface area (Å²) in [5, 5.41) is 0. The Hall–Kier alpha value is -2.45. The number of rotatable bonds is 9. The van der Waals surface area contributed by atoms with Crippen LogP contribution in [0.1, 0.15) is 72.7 Å². The van der Waals surface area contributed by atoms with Gasteiger partial charge in [-0.2, -0.15) is 4.31 Å². The van der Waals surface area contributed by atoms with Gasteiger partial charge >= 0.3 is 0 Å². The van der Waals surface area contributed by atoms with Gasteiger partial charge in [0, 0.05) is 36.1 Å². The first-order valence-electron chi connectivity index (χ1n) is 13.9. The first-order valence-corrected chi connectivity index (χ1v) is 16.7. The predicted octanol–water partition coefficient (Wildman–Crippen LogP) is 3.94. The van der Waals surface area contributed by atoms with Gasteiger partial charge in [-0.05, 0) is 82.6 Å². The Balaban J connectivity index is 1.31. The third kappa shape index (κ3) is 5.99. The van der Waals surface area contributed by atoms with Crippen molar-refractivity contribution in [1.29, 1.82) is 0 Å². The fourth-order valence-corrected chi connectivity index (χ4v) is 9.11. The van der Waals surface area contributed by atoms with Gasteiger partial charge in [-0.15, -0.1) is 4.72 Å². The highest BCUT2D eigenvalue weighted by molar-refractivity contribution is 7.90. The SMILES string of the molecule is CC(C)(C)[S+]([O-])N[C@@H](Cc1cc(F)c(F)cc1F)C1CC2CCC(C1)N2S(=O)(=O)CCN1C(=O)c2ccccc2C1=O. The molecule has 3 heterocycles. The van der Waals surface area contributed by atoms with Crippen LogP contribution in [-0.2, 0) is 27.8 Å². The number of hydrogen-bond acceptors (Lipinski definition) is 6. The molecule has 3 aliphatic heterocycles. The van der Waals surface area contributed by atoms with Gasteiger partial charge in [-0.25, -0.2) is 21.6 Å². The van der Waals surface area contributed by atoms with Crippen LogP contribution in [0, 0.1) is 23.4 Å². The maximum atomic E-state index is 14.6. The highest BCUT2D eigenvalue weighted by Gasteiger charge is 2.49. The molecule has 8 nitrogen and oxygen atoms in total. The zero-order valence-electron chi connectivity index (χ0n) is 23.6. The Morgan fingerprint density at radius 3 is 2.07 bits per heavy atom. The molecule has 0 aliphatic carbocycles. The molecule has 4 atom stereocenters. The highest BCUT2D eigenvalue weighted by Crippen LogP contribution is 2.43. The number of sulfonamides is 1. The minimum absolute atomic E-state index is 0.0541. The summed E-state index contributed by atoms with van der Waals surface area (Å²) >= 11 is -1.56. The standard InChI is InChI=1S/C29H34F3N3O5S2/c1-29(2,3)41(38)33-26(15-17-14-24(31)25(32)16-23(17)30)18-12-19-8-9-20(13-18)35(19)42(39,40)11-10-34-27(36)21-6-4-5-7-22(21)28(34)37/h4-7,14,16,18-20,26,33H,8-13,15H2,1-3H3/t18?,19?,20?,26-,41?/m0/s1. The van der Waals surface area contributed by atoms with E-state index < -0.39 is 67.2 Å². The number of halogens is 3. The Bertz CT molecular complexity index is 1450. The number of piperidine rings is 1. The van der Waals surface area contributed by atoms with E-state index in [1.165, 1.54) is 4.31 Å². The maximum Gasteiger partial charge on any atom is 0.261 e. The lowest BCUT2D eigenvalue weighted by Gasteiger charge is -2.41. The topological polar surface area (TPSA) is 110 Å². The quantitative estimate of drug-likeness (QED) is 0.257. The third-order valence-corrected chi connectivity index (χ3v) is 12.0. The average molecular weight is 626 g/mol. The van der Waals surface area contributed by atoms with Gasteiger partial charge < -0.3 is 4.55 Å². The van der Waals surface area contributed by atoms with E-state index in [0.29, 0.717) is 31.7 Å². The second kappa shape index (κ2) is 11.6. The molecule has 2 aromatic rings. The van der Waals surface area contributed by atoms with Gasteiger partial charge in [0.1, 0.15) is 10.6 Å². The Kier molecular flexibility index (Phi) is 8.53. The van der Waals surface area contributed by atoms with E-state index in [2.05, 4.69) is 4.72 Å². The molecule has 0 saturated carbocycles. The fourth-order valence-electron chi connectivity index (χ4n) is 6.29. The van der Waals surface area contributed by atoms with Crippen LogP contribution in [0.3, 0.4) is 0 Å². The lowest BCUT2D eigenvalue weighted by atomic mass is 9.83. The van der Waals surface area contributed by atoms with Crippen molar-refractivity contribution in [1.82, 2.24) is 13.9 Å². The van der Waals surface area contributed by atoms with Crippen LogP contribution in [0.4, 0.5) is 13.2 Å². The number of carbonyl (C=O) groups excluding carboxylic acids is 2. The summed E-state index contributed by atoms with van der Waals surface area (Å²) in [4.78, 5) is 26.4. The van der Waals surface area contributed by atoms with Gasteiger partial charge in [0.05, 0.1) is 22.9 Å². The molecular weight excluding hydrogens is 591 g/mol. The van der Waals surface area contributed by atoms with Crippen LogP contribution < -0.4 is 4.72 Å². The van der Waals surface area contributed by atoms with E-state index in [0.717, 1.165) is 11.0 Å². The first kappa shape index (κ1) is 31.0. The molecule has 0 radical (unpaired) electrons. The summed E-state index contributed by atoms with van der Waals surface area (Å²) < 4.78 is 86.3. The van der Waals surface area contributed by atoms with E-state index in [-0.39, 0.29) is 47.7 Å². The molecule has 2 bridgehead atoms. The molecule has 0 aromatic heterocycles. The molecule has 3 aliphatic rings. The van der Waals surface area contributed by atoms with Crippen molar-refractivity contribution < 1.29 is 35.7 Å². The van der Waals surface area contributed by atoms with Crippen molar-refractivity contribution in [2.75, 3.05) is 12.3 Å². The van der Waals surface area contributed by atoms with E-state index in [4.69, 9.17) is 0 Å². The number of carbonyl (C=O) groups is 2. The Morgan fingerprint density at radius 2 is 1.52 bits per heavy atom. The smallest absolute Gasteiger partial charge is 0.261 e. The van der Waals surface area contributed by atoms with Crippen molar-refractivity contribution >= 4 is 33.2 Å². The molecule has 2 fully saturated rings. The third-order valence-electron chi connectivity index (χ3n) is 8.39. The van der Waals surface area contributed by atoms with Crippen molar-refractivity contribution in [3.63, 3.8) is 0 Å². The monoisotopic (exact) mass is 625 g/mol. The minimum atomic E-state index is -3.86. The van der Waals surface area contributed by atoms with Gasteiger partial charge in [0.2, 0.25) is 10.0 Å². The molecule has 1 N–H and O–H groups in total. The summed E-state index contributed by atoms with van der Waals surface area (Å²) in [5.74, 6) is -5.04. The van der Waals surface area contributed by atoms with E-state index in [1.54, 1.807) is 45.0 Å². The molecule has 2 amide bonds. The number of fused-ring (bicyclic) bond motifs is 3. The van der Waals surface area contributed by atoms with E-state index >= 15 is 0 Å². The zero-order valence-corrected chi connectivity index (χ0v) is 25.2. The molecule has 2 aromatic carbocycles. The molecule has 3 unspecified atom stereocenters. The molecule has 0 spiro atoms. The lowest BCUT2D eigenvalue weighted by Crippen LogP contribution is -2.54. The van der Waals surface area contributed by atoms with Crippen molar-refractivity contribution in [2.24, 2.45) is 5.92 Å². The van der Waals surface area contributed by atoms with Crippen LogP contribution in [-0.4, -0.2) is 69.2 Å². The summed E-state index contributed by atoms with van der Waals surface area (Å²) in [6.45, 7) is 5.06. The average Bonchev–Trinajstić information content (AvgIpc) is 3.34. The molecule has 13 heteroatoms. The summed E-state index contributed by atoms with van der Waals surface area (Å²) in [5.41, 5.74) is 0.453. The predicted molar refractivity (Wildman–Crippen MR) is 152 cm³/mol. The summed E-state index contributed by atoms with van der Waals surface area (Å²) in [6, 6.07) is 6.35. The maximum absolute atomic E-state index is 14.6. The van der Waals surface area contributed by atoms with Crippen LogP contribution in [0.2, 0.25) is 0 Å². The lowest BCUT2D eigenvalue weighted by molar-refractivity contribution is 0.0663. The number of nitrogens with one attached hydrogen (secondary N) is 1. The van der Waals surface area contributed by atoms with Crippen LogP contribution in [0.15, 0.2) is 36.4 Å². The molecule has 228 valence electrons. The second-order valence-corrected chi connectivity index (χ2v) is 16.2. The van der Waals surface area contributed by atoms with Gasteiger partial charge in [0.15, 0.2) is 11.6 Å². The van der Waals surface area contributed by atoms with Gasteiger partial charge in [0.25, 0.3) is 11.8 Å². The highest BCUT2D eigenvalue weighted by atomic mass is 32.2. The number of hydrogen-bond donors (Lipinski definition) is 1. The second-order valence-electron chi connectivity index (χ2n) is 12.2. The minimum Gasteiger partial charge on any atom is -0.598 e. The molecule has 2 saturated heterocycles.